The second-order valence-electron chi connectivity index (χ2n) is 10.5. The van der Waals surface area contributed by atoms with Crippen LogP contribution in [-0.4, -0.2) is 41.0 Å². The summed E-state index contributed by atoms with van der Waals surface area (Å²) >= 11 is 0. The average molecular weight is 609 g/mol. The zero-order chi connectivity index (χ0) is 31.5. The van der Waals surface area contributed by atoms with Crippen molar-refractivity contribution in [2.24, 2.45) is 0 Å². The maximum atomic E-state index is 13.9. The van der Waals surface area contributed by atoms with Gasteiger partial charge in [0, 0.05) is 23.5 Å². The van der Waals surface area contributed by atoms with Crippen molar-refractivity contribution in [3.63, 3.8) is 0 Å². The van der Waals surface area contributed by atoms with Gasteiger partial charge in [-0.25, -0.2) is 0 Å². The standard InChI is InChI=1S/C36H32O9/c1-39-23-11-8-21(9-12-23)16-17-43-35-24(6-5-7-30(35)41-3)26-19-32(37)45-29-15-13-25-34(38)27(20-44-36(25)33(26)29)22-10-14-28(40-2)31(18-22)42-4/h5-15,18,20,26H,16-17,19H2,1-4H3/t26-/m1/s1. The Bertz CT molecular complexity index is 1920. The predicted molar refractivity (Wildman–Crippen MR) is 168 cm³/mol. The summed E-state index contributed by atoms with van der Waals surface area (Å²) in [7, 11) is 6.29. The highest BCUT2D eigenvalue weighted by Crippen LogP contribution is 2.47. The SMILES string of the molecule is COc1ccc(CCOc2c(OC)cccc2[C@H]2CC(=O)Oc3ccc4c(=O)c(-c5ccc(OC)c(OC)c5)coc4c32)cc1. The third kappa shape index (κ3) is 5.64. The van der Waals surface area contributed by atoms with Crippen molar-refractivity contribution >= 4 is 16.9 Å². The van der Waals surface area contributed by atoms with Gasteiger partial charge in [0.15, 0.2) is 23.0 Å². The molecule has 0 saturated carbocycles. The number of esters is 1. The fourth-order valence-electron chi connectivity index (χ4n) is 5.71. The number of carbonyl (C=O) groups excluding carboxylic acids is 1. The summed E-state index contributed by atoms with van der Waals surface area (Å²) in [6.45, 7) is 0.364. The van der Waals surface area contributed by atoms with E-state index in [1.54, 1.807) is 51.7 Å². The number of rotatable bonds is 10. The molecule has 230 valence electrons. The van der Waals surface area contributed by atoms with E-state index < -0.39 is 11.9 Å². The Hall–Kier alpha value is -5.44. The zero-order valence-corrected chi connectivity index (χ0v) is 25.4. The Labute approximate surface area is 259 Å². The lowest BCUT2D eigenvalue weighted by atomic mass is 9.84. The van der Waals surface area contributed by atoms with Crippen LogP contribution in [0, 0.1) is 0 Å². The van der Waals surface area contributed by atoms with Crippen LogP contribution in [0.1, 0.15) is 29.0 Å². The number of benzene rings is 4. The molecule has 0 saturated heterocycles. The van der Waals surface area contributed by atoms with Gasteiger partial charge in [0.1, 0.15) is 23.3 Å². The number of fused-ring (bicyclic) bond motifs is 3. The monoisotopic (exact) mass is 608 g/mol. The van der Waals surface area contributed by atoms with Gasteiger partial charge in [0.05, 0.1) is 52.4 Å². The highest BCUT2D eigenvalue weighted by atomic mass is 16.5. The second-order valence-corrected chi connectivity index (χ2v) is 10.5. The maximum absolute atomic E-state index is 13.9. The molecule has 9 nitrogen and oxygen atoms in total. The van der Waals surface area contributed by atoms with Gasteiger partial charge in [-0.15, -0.1) is 0 Å². The Morgan fingerprint density at radius 1 is 0.800 bits per heavy atom. The summed E-state index contributed by atoms with van der Waals surface area (Å²) in [5.41, 5.74) is 3.48. The smallest absolute Gasteiger partial charge is 0.312 e. The molecule has 0 spiro atoms. The summed E-state index contributed by atoms with van der Waals surface area (Å²) in [4.78, 5) is 26.7. The van der Waals surface area contributed by atoms with Crippen molar-refractivity contribution in [2.45, 2.75) is 18.8 Å². The number of methoxy groups -OCH3 is 4. The molecule has 0 aliphatic carbocycles. The molecular formula is C36H32O9. The summed E-state index contributed by atoms with van der Waals surface area (Å²) in [5.74, 6) is 2.27. The van der Waals surface area contributed by atoms with Crippen LogP contribution in [0.3, 0.4) is 0 Å². The van der Waals surface area contributed by atoms with Crippen LogP contribution in [0.15, 0.2) is 88.3 Å². The van der Waals surface area contributed by atoms with Crippen molar-refractivity contribution in [2.75, 3.05) is 35.0 Å². The molecule has 0 fully saturated rings. The first kappa shape index (κ1) is 29.6. The number of hydrogen-bond acceptors (Lipinski definition) is 9. The first-order chi connectivity index (χ1) is 21.9. The first-order valence-corrected chi connectivity index (χ1v) is 14.4. The summed E-state index contributed by atoms with van der Waals surface area (Å²) in [5, 5.41) is 0.355. The molecule has 5 aromatic rings. The third-order valence-corrected chi connectivity index (χ3v) is 7.98. The lowest BCUT2D eigenvalue weighted by molar-refractivity contribution is -0.135. The first-order valence-electron chi connectivity index (χ1n) is 14.4. The van der Waals surface area contributed by atoms with Gasteiger partial charge in [-0.2, -0.15) is 0 Å². The average Bonchev–Trinajstić information content (AvgIpc) is 3.07. The van der Waals surface area contributed by atoms with Gasteiger partial charge in [0.25, 0.3) is 0 Å². The van der Waals surface area contributed by atoms with Gasteiger partial charge in [-0.1, -0.05) is 30.3 Å². The van der Waals surface area contributed by atoms with Gasteiger partial charge < -0.3 is 32.8 Å². The molecule has 1 aliphatic heterocycles. The van der Waals surface area contributed by atoms with E-state index in [-0.39, 0.29) is 11.8 Å². The van der Waals surface area contributed by atoms with E-state index >= 15 is 0 Å². The lowest BCUT2D eigenvalue weighted by Gasteiger charge is -2.27. The quantitative estimate of drug-likeness (QED) is 0.129. The number of hydrogen-bond donors (Lipinski definition) is 0. The predicted octanol–water partition coefficient (Wildman–Crippen LogP) is 6.56. The molecule has 45 heavy (non-hydrogen) atoms. The number of ether oxygens (including phenoxy) is 6. The fraction of sp³-hybridized carbons (Fsp3) is 0.222. The van der Waals surface area contributed by atoms with E-state index in [9.17, 15) is 9.59 Å². The van der Waals surface area contributed by atoms with Crippen molar-refractivity contribution in [3.05, 3.63) is 106 Å². The van der Waals surface area contributed by atoms with Crippen molar-refractivity contribution in [3.8, 4) is 45.6 Å². The van der Waals surface area contributed by atoms with Crippen LogP contribution in [0.25, 0.3) is 22.1 Å². The molecule has 4 aromatic carbocycles. The van der Waals surface area contributed by atoms with Crippen LogP contribution in [0.2, 0.25) is 0 Å². The molecular weight excluding hydrogens is 576 g/mol. The maximum Gasteiger partial charge on any atom is 0.312 e. The van der Waals surface area contributed by atoms with Crippen LogP contribution in [0.5, 0.6) is 34.5 Å². The summed E-state index contributed by atoms with van der Waals surface area (Å²) < 4.78 is 39.9. The summed E-state index contributed by atoms with van der Waals surface area (Å²) in [6, 6.07) is 21.8. The summed E-state index contributed by atoms with van der Waals surface area (Å²) in [6.07, 6.45) is 2.09. The van der Waals surface area contributed by atoms with Crippen molar-refractivity contribution in [1.29, 1.82) is 0 Å². The van der Waals surface area contributed by atoms with Gasteiger partial charge in [0.2, 0.25) is 5.43 Å². The Morgan fingerprint density at radius 2 is 1.58 bits per heavy atom. The molecule has 6 rings (SSSR count). The third-order valence-electron chi connectivity index (χ3n) is 7.98. The Morgan fingerprint density at radius 3 is 2.31 bits per heavy atom. The van der Waals surface area contributed by atoms with E-state index in [1.807, 2.05) is 42.5 Å². The minimum absolute atomic E-state index is 0.0231. The van der Waals surface area contributed by atoms with Crippen LogP contribution in [0.4, 0.5) is 0 Å². The topological polar surface area (TPSA) is 103 Å². The normalized spacial score (nSPS) is 14.0. The molecule has 0 N–H and O–H groups in total. The highest BCUT2D eigenvalue weighted by Gasteiger charge is 2.34. The van der Waals surface area contributed by atoms with Crippen LogP contribution >= 0.6 is 0 Å². The largest absolute Gasteiger partial charge is 0.497 e. The molecule has 9 heteroatoms. The molecule has 0 amide bonds. The van der Waals surface area contributed by atoms with Crippen LogP contribution < -0.4 is 33.8 Å². The van der Waals surface area contributed by atoms with Crippen LogP contribution in [-0.2, 0) is 11.2 Å². The number of para-hydroxylation sites is 1. The van der Waals surface area contributed by atoms with Gasteiger partial charge in [-0.3, -0.25) is 9.59 Å². The van der Waals surface area contributed by atoms with Crippen molar-refractivity contribution < 1.29 is 37.6 Å². The fourth-order valence-corrected chi connectivity index (χ4v) is 5.71. The van der Waals surface area contributed by atoms with E-state index in [0.29, 0.717) is 69.4 Å². The lowest BCUT2D eigenvalue weighted by Crippen LogP contribution is -2.22. The minimum atomic E-state index is -0.522. The molecule has 0 unspecified atom stereocenters. The van der Waals surface area contributed by atoms with Crippen molar-refractivity contribution in [1.82, 2.24) is 0 Å². The van der Waals surface area contributed by atoms with E-state index in [1.165, 1.54) is 13.4 Å². The molecule has 1 aromatic heterocycles. The Balaban J connectivity index is 1.41. The molecule has 0 bridgehead atoms. The van der Waals surface area contributed by atoms with E-state index in [4.69, 9.17) is 32.8 Å². The number of carbonyl (C=O) groups is 1. The highest BCUT2D eigenvalue weighted by molar-refractivity contribution is 5.90. The van der Waals surface area contributed by atoms with Gasteiger partial charge in [-0.05, 0) is 53.6 Å². The van der Waals surface area contributed by atoms with E-state index in [0.717, 1.165) is 16.9 Å². The Kier molecular flexibility index (Phi) is 8.33. The molecule has 2 heterocycles. The molecule has 1 atom stereocenters. The molecule has 0 radical (unpaired) electrons. The second kappa shape index (κ2) is 12.7. The van der Waals surface area contributed by atoms with Gasteiger partial charge >= 0.3 is 5.97 Å². The molecule has 1 aliphatic rings. The van der Waals surface area contributed by atoms with E-state index in [2.05, 4.69) is 0 Å². The zero-order valence-electron chi connectivity index (χ0n) is 25.4. The minimum Gasteiger partial charge on any atom is -0.497 e.